The summed E-state index contributed by atoms with van der Waals surface area (Å²) in [6.07, 6.45) is 0. The lowest BCUT2D eigenvalue weighted by Gasteiger charge is -2.30. The fraction of sp³-hybridized carbons (Fsp3) is 0.312. The monoisotopic (exact) mass is 336 g/mol. The van der Waals surface area contributed by atoms with Gasteiger partial charge in [0, 0.05) is 5.92 Å². The third kappa shape index (κ3) is 3.08. The number of aliphatic imine (C=N–C) groups is 1. The van der Waals surface area contributed by atoms with E-state index < -0.39 is 29.6 Å². The van der Waals surface area contributed by atoms with Gasteiger partial charge < -0.3 is 20.3 Å². The van der Waals surface area contributed by atoms with Crippen molar-refractivity contribution in [1.82, 2.24) is 0 Å². The number of carboxylic acids is 1. The molecule has 0 amide bonds. The molecule has 8 heteroatoms. The van der Waals surface area contributed by atoms with Gasteiger partial charge in [0.25, 0.3) is 0 Å². The van der Waals surface area contributed by atoms with Gasteiger partial charge in [0.1, 0.15) is 17.6 Å². The Labute approximate surface area is 137 Å². The first-order valence-corrected chi connectivity index (χ1v) is 7.18. The van der Waals surface area contributed by atoms with E-state index in [1.54, 1.807) is 6.92 Å². The number of rotatable bonds is 4. The van der Waals surface area contributed by atoms with Crippen LogP contribution in [0.3, 0.4) is 0 Å². The number of hydrogen-bond acceptors (Lipinski definition) is 6. The van der Waals surface area contributed by atoms with E-state index in [2.05, 4.69) is 9.73 Å². The molecule has 7 nitrogen and oxygen atoms in total. The average molecular weight is 336 g/mol. The quantitative estimate of drug-likeness (QED) is 0.804. The summed E-state index contributed by atoms with van der Waals surface area (Å²) in [6, 6.07) is 5.56. The van der Waals surface area contributed by atoms with Crippen LogP contribution in [0.25, 0.3) is 0 Å². The average Bonchev–Trinajstić information content (AvgIpc) is 2.54. The summed E-state index contributed by atoms with van der Waals surface area (Å²) in [5.74, 6) is -5.89. The van der Waals surface area contributed by atoms with Crippen LogP contribution in [0.1, 0.15) is 18.4 Å². The number of methoxy groups -OCH3 is 1. The highest BCUT2D eigenvalue weighted by Gasteiger charge is 2.45. The van der Waals surface area contributed by atoms with Gasteiger partial charge in [0.05, 0.1) is 19.3 Å². The highest BCUT2D eigenvalue weighted by Crippen LogP contribution is 2.39. The topological polar surface area (TPSA) is 111 Å². The Balaban J connectivity index is 2.72. The minimum absolute atomic E-state index is 0.000327. The number of nitrogens with two attached hydrogens (primary N) is 1. The molecule has 0 saturated heterocycles. The normalized spacial score (nSPS) is 20.4. The molecule has 0 bridgehead atoms. The van der Waals surface area contributed by atoms with Crippen LogP contribution in [0.4, 0.5) is 4.39 Å². The molecule has 0 fully saturated rings. The van der Waals surface area contributed by atoms with Crippen LogP contribution >= 0.6 is 0 Å². The smallest absolute Gasteiger partial charge is 0.338 e. The summed E-state index contributed by atoms with van der Waals surface area (Å²) in [4.78, 5) is 27.8. The Morgan fingerprint density at radius 2 is 2.04 bits per heavy atom. The van der Waals surface area contributed by atoms with Crippen LogP contribution < -0.4 is 5.73 Å². The number of hydrogen-bond donors (Lipinski definition) is 2. The number of carbonyl (C=O) groups is 2. The molecule has 0 saturated carbocycles. The molecular weight excluding hydrogens is 319 g/mol. The fourth-order valence-corrected chi connectivity index (χ4v) is 2.64. The van der Waals surface area contributed by atoms with E-state index in [9.17, 15) is 19.1 Å². The SMILES string of the molecule is CCOC1=NC(N)=C(C(=O)OC)C(c2ccccc2F)C1C(=O)O. The predicted molar refractivity (Wildman–Crippen MR) is 82.6 cm³/mol. The Morgan fingerprint density at radius 1 is 1.38 bits per heavy atom. The van der Waals surface area contributed by atoms with Gasteiger partial charge in [-0.2, -0.15) is 4.99 Å². The lowest BCUT2D eigenvalue weighted by molar-refractivity contribution is -0.140. The molecule has 0 aromatic heterocycles. The second kappa shape index (κ2) is 7.12. The third-order valence-electron chi connectivity index (χ3n) is 3.62. The molecule has 0 aliphatic carbocycles. The molecule has 1 heterocycles. The van der Waals surface area contributed by atoms with Gasteiger partial charge in [0.15, 0.2) is 0 Å². The van der Waals surface area contributed by atoms with E-state index in [1.165, 1.54) is 24.3 Å². The van der Waals surface area contributed by atoms with Crippen molar-refractivity contribution in [2.75, 3.05) is 13.7 Å². The Kier molecular flexibility index (Phi) is 5.18. The predicted octanol–water partition coefficient (Wildman–Crippen LogP) is 1.40. The maximum atomic E-state index is 14.3. The number of carboxylic acid groups (broad SMARTS) is 1. The van der Waals surface area contributed by atoms with Crippen LogP contribution in [-0.2, 0) is 19.1 Å². The third-order valence-corrected chi connectivity index (χ3v) is 3.62. The number of nitrogens with zero attached hydrogens (tertiary/aromatic N) is 1. The first kappa shape index (κ1) is 17.5. The zero-order valence-corrected chi connectivity index (χ0v) is 13.2. The summed E-state index contributed by atoms with van der Waals surface area (Å²) < 4.78 is 24.2. The van der Waals surface area contributed by atoms with Gasteiger partial charge in [-0.15, -0.1) is 0 Å². The zero-order valence-electron chi connectivity index (χ0n) is 13.2. The van der Waals surface area contributed by atoms with Crippen molar-refractivity contribution < 1.29 is 28.6 Å². The van der Waals surface area contributed by atoms with E-state index in [0.29, 0.717) is 0 Å². The molecule has 3 N–H and O–H groups in total. The second-order valence-corrected chi connectivity index (χ2v) is 4.99. The highest BCUT2D eigenvalue weighted by molar-refractivity contribution is 6.04. The molecule has 24 heavy (non-hydrogen) atoms. The summed E-state index contributed by atoms with van der Waals surface area (Å²) in [5, 5.41) is 9.62. The first-order chi connectivity index (χ1) is 11.4. The Bertz CT molecular complexity index is 729. The summed E-state index contributed by atoms with van der Waals surface area (Å²) >= 11 is 0. The fourth-order valence-electron chi connectivity index (χ4n) is 2.64. The largest absolute Gasteiger partial charge is 0.481 e. The van der Waals surface area contributed by atoms with Gasteiger partial charge in [-0.3, -0.25) is 4.79 Å². The van der Waals surface area contributed by atoms with Crippen molar-refractivity contribution in [3.05, 3.63) is 47.0 Å². The van der Waals surface area contributed by atoms with Gasteiger partial charge >= 0.3 is 11.9 Å². The maximum absolute atomic E-state index is 14.3. The molecule has 2 rings (SSSR count). The van der Waals surface area contributed by atoms with Crippen molar-refractivity contribution in [2.24, 2.45) is 16.6 Å². The van der Waals surface area contributed by atoms with Gasteiger partial charge in [0.2, 0.25) is 5.90 Å². The molecule has 1 aromatic rings. The van der Waals surface area contributed by atoms with E-state index in [-0.39, 0.29) is 29.5 Å². The number of benzene rings is 1. The zero-order chi connectivity index (χ0) is 17.9. The van der Waals surface area contributed by atoms with Gasteiger partial charge in [-0.25, -0.2) is 9.18 Å². The van der Waals surface area contributed by atoms with E-state index in [0.717, 1.165) is 7.11 Å². The van der Waals surface area contributed by atoms with Crippen molar-refractivity contribution >= 4 is 17.8 Å². The van der Waals surface area contributed by atoms with Crippen molar-refractivity contribution in [1.29, 1.82) is 0 Å². The van der Waals surface area contributed by atoms with Crippen LogP contribution in [0.2, 0.25) is 0 Å². The van der Waals surface area contributed by atoms with Crippen LogP contribution in [0, 0.1) is 11.7 Å². The van der Waals surface area contributed by atoms with E-state index in [4.69, 9.17) is 10.5 Å². The van der Waals surface area contributed by atoms with Crippen LogP contribution in [0.15, 0.2) is 40.7 Å². The molecule has 0 spiro atoms. The number of esters is 1. The second-order valence-electron chi connectivity index (χ2n) is 4.99. The molecule has 128 valence electrons. The Hall–Kier alpha value is -2.90. The number of aliphatic carboxylic acids is 1. The minimum Gasteiger partial charge on any atom is -0.481 e. The molecule has 1 aliphatic heterocycles. The molecular formula is C16H17FN2O5. The minimum atomic E-state index is -1.40. The van der Waals surface area contributed by atoms with Crippen LogP contribution in [0.5, 0.6) is 0 Å². The van der Waals surface area contributed by atoms with Crippen LogP contribution in [-0.4, -0.2) is 36.7 Å². The standard InChI is InChI=1S/C16H17FN2O5/c1-3-24-14-12(15(20)21)10(8-6-4-5-7-9(8)17)11(13(18)19-14)16(22)23-2/h4-7,10,12H,3,18H2,1-2H3,(H,20,21). The Morgan fingerprint density at radius 3 is 2.58 bits per heavy atom. The molecule has 2 unspecified atom stereocenters. The van der Waals surface area contributed by atoms with Crippen molar-refractivity contribution in [3.63, 3.8) is 0 Å². The lowest BCUT2D eigenvalue weighted by atomic mass is 9.78. The summed E-state index contributed by atoms with van der Waals surface area (Å²) in [7, 11) is 1.12. The van der Waals surface area contributed by atoms with Crippen molar-refractivity contribution in [3.8, 4) is 0 Å². The molecule has 1 aromatic carbocycles. The number of halogens is 1. The van der Waals surface area contributed by atoms with Gasteiger partial charge in [-0.05, 0) is 18.6 Å². The maximum Gasteiger partial charge on any atom is 0.338 e. The highest BCUT2D eigenvalue weighted by atomic mass is 19.1. The summed E-state index contributed by atoms with van der Waals surface area (Å²) in [6.45, 7) is 1.79. The number of ether oxygens (including phenoxy) is 2. The van der Waals surface area contributed by atoms with Gasteiger partial charge in [-0.1, -0.05) is 18.2 Å². The number of carbonyl (C=O) groups excluding carboxylic acids is 1. The molecule has 1 aliphatic rings. The van der Waals surface area contributed by atoms with E-state index in [1.807, 2.05) is 0 Å². The van der Waals surface area contributed by atoms with Crippen molar-refractivity contribution in [2.45, 2.75) is 12.8 Å². The summed E-state index contributed by atoms with van der Waals surface area (Å²) in [5.41, 5.74) is 5.60. The lowest BCUT2D eigenvalue weighted by Crippen LogP contribution is -2.39. The molecule has 2 atom stereocenters. The first-order valence-electron chi connectivity index (χ1n) is 7.18. The molecule has 0 radical (unpaired) electrons. The van der Waals surface area contributed by atoms with E-state index >= 15 is 0 Å².